The molecule has 2 aromatic heterocycles. The van der Waals surface area contributed by atoms with Crippen LogP contribution in [0.5, 0.6) is 0 Å². The maximum Gasteiger partial charge on any atom is 0.265 e. The average Bonchev–Trinajstić information content (AvgIpc) is 3.06. The Bertz CT molecular complexity index is 551. The van der Waals surface area contributed by atoms with E-state index in [1.165, 1.54) is 16.9 Å². The molecule has 0 spiro atoms. The number of nitrogens with one attached hydrogen (secondary N) is 2. The summed E-state index contributed by atoms with van der Waals surface area (Å²) in [6.07, 6.45) is 1.83. The van der Waals surface area contributed by atoms with Crippen LogP contribution in [0.15, 0.2) is 16.8 Å². The van der Waals surface area contributed by atoms with E-state index in [1.807, 2.05) is 5.38 Å². The molecule has 0 aromatic carbocycles. The van der Waals surface area contributed by atoms with E-state index >= 15 is 0 Å². The molecular weight excluding hydrogens is 292 g/mol. The van der Waals surface area contributed by atoms with Gasteiger partial charge in [-0.3, -0.25) is 4.79 Å². The lowest BCUT2D eigenvalue weighted by Gasteiger charge is -2.02. The molecule has 0 radical (unpaired) electrons. The summed E-state index contributed by atoms with van der Waals surface area (Å²) in [7, 11) is 0. The zero-order valence-corrected chi connectivity index (χ0v) is 12.9. The standard InChI is InChI=1S/C13H18N4OS2/c1-2-5-16-13-17-11(14)10(20-13)12(18)15-6-3-9-4-7-19-8-9/h4,7-8H,2-3,5-6,14H2,1H3,(H,15,18)(H,16,17). The zero-order chi connectivity index (χ0) is 14.4. The van der Waals surface area contributed by atoms with Crippen LogP contribution in [0.4, 0.5) is 10.9 Å². The van der Waals surface area contributed by atoms with E-state index in [0.29, 0.717) is 22.4 Å². The van der Waals surface area contributed by atoms with E-state index < -0.39 is 0 Å². The van der Waals surface area contributed by atoms with Crippen molar-refractivity contribution >= 4 is 39.5 Å². The van der Waals surface area contributed by atoms with Gasteiger partial charge in [0.2, 0.25) is 0 Å². The van der Waals surface area contributed by atoms with Crippen LogP contribution in [0.3, 0.4) is 0 Å². The van der Waals surface area contributed by atoms with Crippen molar-refractivity contribution < 1.29 is 4.79 Å². The average molecular weight is 310 g/mol. The molecule has 0 saturated carbocycles. The lowest BCUT2D eigenvalue weighted by molar-refractivity contribution is 0.0959. The molecule has 20 heavy (non-hydrogen) atoms. The number of thiazole rings is 1. The first-order valence-electron chi connectivity index (χ1n) is 6.50. The van der Waals surface area contributed by atoms with Crippen molar-refractivity contribution in [1.82, 2.24) is 10.3 Å². The minimum atomic E-state index is -0.153. The first-order chi connectivity index (χ1) is 9.70. The number of rotatable bonds is 7. The van der Waals surface area contributed by atoms with Gasteiger partial charge in [-0.1, -0.05) is 18.3 Å². The van der Waals surface area contributed by atoms with E-state index in [4.69, 9.17) is 5.73 Å². The van der Waals surface area contributed by atoms with Crippen molar-refractivity contribution in [3.05, 3.63) is 27.3 Å². The van der Waals surface area contributed by atoms with Crippen LogP contribution in [0.1, 0.15) is 28.6 Å². The highest BCUT2D eigenvalue weighted by Gasteiger charge is 2.15. The van der Waals surface area contributed by atoms with Gasteiger partial charge >= 0.3 is 0 Å². The largest absolute Gasteiger partial charge is 0.382 e. The Labute approximate surface area is 126 Å². The molecule has 0 atom stereocenters. The summed E-state index contributed by atoms with van der Waals surface area (Å²) in [6.45, 7) is 3.50. The molecule has 2 rings (SSSR count). The first kappa shape index (κ1) is 14.8. The highest BCUT2D eigenvalue weighted by molar-refractivity contribution is 7.18. The van der Waals surface area contributed by atoms with Crippen LogP contribution >= 0.6 is 22.7 Å². The van der Waals surface area contributed by atoms with E-state index in [2.05, 4.69) is 34.0 Å². The number of carbonyl (C=O) groups is 1. The second-order valence-electron chi connectivity index (χ2n) is 4.30. The summed E-state index contributed by atoms with van der Waals surface area (Å²) in [5.41, 5.74) is 7.01. The molecule has 108 valence electrons. The van der Waals surface area contributed by atoms with Gasteiger partial charge in [-0.05, 0) is 35.2 Å². The molecule has 2 heterocycles. The van der Waals surface area contributed by atoms with Crippen LogP contribution in [-0.2, 0) is 6.42 Å². The van der Waals surface area contributed by atoms with Crippen LogP contribution in [0.25, 0.3) is 0 Å². The van der Waals surface area contributed by atoms with Gasteiger partial charge in [0.15, 0.2) is 5.13 Å². The molecule has 5 nitrogen and oxygen atoms in total. The summed E-state index contributed by atoms with van der Waals surface area (Å²) >= 11 is 2.96. The number of amides is 1. The molecule has 0 aliphatic heterocycles. The number of carbonyl (C=O) groups excluding carboxylic acids is 1. The van der Waals surface area contributed by atoms with Crippen LogP contribution < -0.4 is 16.4 Å². The molecule has 0 fully saturated rings. The number of nitrogens with zero attached hydrogens (tertiary/aromatic N) is 1. The van der Waals surface area contributed by atoms with Gasteiger partial charge in [0.05, 0.1) is 0 Å². The number of anilines is 2. The second kappa shape index (κ2) is 7.25. The van der Waals surface area contributed by atoms with Crippen LogP contribution in [-0.4, -0.2) is 24.0 Å². The van der Waals surface area contributed by atoms with E-state index in [1.54, 1.807) is 11.3 Å². The van der Waals surface area contributed by atoms with Gasteiger partial charge in [0, 0.05) is 13.1 Å². The van der Waals surface area contributed by atoms with Crippen molar-refractivity contribution in [2.24, 2.45) is 0 Å². The van der Waals surface area contributed by atoms with Gasteiger partial charge in [-0.25, -0.2) is 4.98 Å². The number of thiophene rings is 1. The van der Waals surface area contributed by atoms with E-state index in [-0.39, 0.29) is 5.91 Å². The first-order valence-corrected chi connectivity index (χ1v) is 8.26. The summed E-state index contributed by atoms with van der Waals surface area (Å²) in [5.74, 6) is 0.140. The monoisotopic (exact) mass is 310 g/mol. The summed E-state index contributed by atoms with van der Waals surface area (Å²) in [4.78, 5) is 16.7. The fourth-order valence-electron chi connectivity index (χ4n) is 1.64. The summed E-state index contributed by atoms with van der Waals surface area (Å²) < 4.78 is 0. The highest BCUT2D eigenvalue weighted by atomic mass is 32.1. The summed E-state index contributed by atoms with van der Waals surface area (Å²) in [6, 6.07) is 2.06. The highest BCUT2D eigenvalue weighted by Crippen LogP contribution is 2.24. The fraction of sp³-hybridized carbons (Fsp3) is 0.385. The van der Waals surface area contributed by atoms with E-state index in [9.17, 15) is 4.79 Å². The minimum Gasteiger partial charge on any atom is -0.382 e. The van der Waals surface area contributed by atoms with Crippen molar-refractivity contribution in [1.29, 1.82) is 0 Å². The fourth-order valence-corrected chi connectivity index (χ4v) is 3.17. The van der Waals surface area contributed by atoms with E-state index in [0.717, 1.165) is 19.4 Å². The molecule has 4 N–H and O–H groups in total. The number of hydrogen-bond acceptors (Lipinski definition) is 6. The molecule has 0 aliphatic rings. The molecule has 0 saturated heterocycles. The van der Waals surface area contributed by atoms with Gasteiger partial charge in [-0.2, -0.15) is 11.3 Å². The minimum absolute atomic E-state index is 0.153. The predicted molar refractivity (Wildman–Crippen MR) is 85.7 cm³/mol. The smallest absolute Gasteiger partial charge is 0.265 e. The van der Waals surface area contributed by atoms with Gasteiger partial charge in [0.25, 0.3) is 5.91 Å². The molecule has 0 bridgehead atoms. The normalized spacial score (nSPS) is 10.4. The second-order valence-corrected chi connectivity index (χ2v) is 6.08. The maximum atomic E-state index is 12.0. The van der Waals surface area contributed by atoms with Gasteiger partial charge < -0.3 is 16.4 Å². The topological polar surface area (TPSA) is 80.0 Å². The Morgan fingerprint density at radius 1 is 1.45 bits per heavy atom. The third-order valence-electron chi connectivity index (χ3n) is 2.67. The van der Waals surface area contributed by atoms with Gasteiger partial charge in [-0.15, -0.1) is 0 Å². The Morgan fingerprint density at radius 3 is 3.00 bits per heavy atom. The quantitative estimate of drug-likeness (QED) is 0.734. The number of nitrogen functional groups attached to an aromatic ring is 1. The van der Waals surface area contributed by atoms with Crippen molar-refractivity contribution in [3.63, 3.8) is 0 Å². The molecule has 0 aliphatic carbocycles. The molecule has 2 aromatic rings. The lowest BCUT2D eigenvalue weighted by atomic mass is 10.2. The SMILES string of the molecule is CCCNc1nc(N)c(C(=O)NCCc2ccsc2)s1. The number of aromatic nitrogens is 1. The molecule has 0 unspecified atom stereocenters. The summed E-state index contributed by atoms with van der Waals surface area (Å²) in [5, 5.41) is 10.8. The third-order valence-corrected chi connectivity index (χ3v) is 4.42. The lowest BCUT2D eigenvalue weighted by Crippen LogP contribution is -2.25. The van der Waals surface area contributed by atoms with Crippen LogP contribution in [0, 0.1) is 0 Å². The Morgan fingerprint density at radius 2 is 2.30 bits per heavy atom. The Balaban J connectivity index is 1.86. The maximum absolute atomic E-state index is 12.0. The van der Waals surface area contributed by atoms with Crippen LogP contribution in [0.2, 0.25) is 0 Å². The van der Waals surface area contributed by atoms with Crippen molar-refractivity contribution in [3.8, 4) is 0 Å². The Kier molecular flexibility index (Phi) is 5.37. The molecule has 7 heteroatoms. The van der Waals surface area contributed by atoms with Crippen molar-refractivity contribution in [2.45, 2.75) is 19.8 Å². The van der Waals surface area contributed by atoms with Crippen molar-refractivity contribution in [2.75, 3.05) is 24.1 Å². The predicted octanol–water partition coefficient (Wildman–Crippen LogP) is 2.58. The third kappa shape index (κ3) is 3.94. The number of nitrogens with two attached hydrogens (primary N) is 1. The molecule has 1 amide bonds. The molecular formula is C13H18N4OS2. The number of hydrogen-bond donors (Lipinski definition) is 3. The zero-order valence-electron chi connectivity index (χ0n) is 11.3. The van der Waals surface area contributed by atoms with Gasteiger partial charge in [0.1, 0.15) is 10.7 Å². The Hall–Kier alpha value is -1.60.